The van der Waals surface area contributed by atoms with Gasteiger partial charge in [-0.2, -0.15) is 0 Å². The van der Waals surface area contributed by atoms with Gasteiger partial charge in [0.15, 0.2) is 0 Å². The molecule has 0 unspecified atom stereocenters. The summed E-state index contributed by atoms with van der Waals surface area (Å²) >= 11 is -16.8. The molecule has 0 aromatic carbocycles. The second-order valence-electron chi connectivity index (χ2n) is 0.894. The summed E-state index contributed by atoms with van der Waals surface area (Å²) in [5.74, 6) is 0. The molecule has 212 valence electrons. The van der Waals surface area contributed by atoms with Gasteiger partial charge in [0.25, 0.3) is 0 Å². The Kier molecular flexibility index (Phi) is 401. The Morgan fingerprint density at radius 2 is 0.286 bits per heavy atom. The molecule has 28 heteroatoms. The molecule has 0 heterocycles. The minimum absolute atomic E-state index is 0. The normalized spacial score (nSPS) is 3.71. The van der Waals surface area contributed by atoms with E-state index in [0.29, 0.717) is 0 Å². The van der Waals surface area contributed by atoms with E-state index >= 15 is 0 Å². The van der Waals surface area contributed by atoms with Gasteiger partial charge in [0.2, 0.25) is 0 Å². The van der Waals surface area contributed by atoms with Crippen molar-refractivity contribution in [1.29, 1.82) is 0 Å². The van der Waals surface area contributed by atoms with Crippen molar-refractivity contribution in [3.63, 3.8) is 0 Å². The van der Waals surface area contributed by atoms with Crippen LogP contribution >= 0.6 is 0 Å². The van der Waals surface area contributed by atoms with Gasteiger partial charge in [0.05, 0.1) is 0 Å². The van der Waals surface area contributed by atoms with Crippen molar-refractivity contribution in [3.8, 4) is 0 Å². The van der Waals surface area contributed by atoms with E-state index in [-0.39, 0.29) is 198 Å². The van der Waals surface area contributed by atoms with E-state index in [2.05, 4.69) is 0 Å². The molecule has 12 nitrogen and oxygen atoms in total. The van der Waals surface area contributed by atoms with Gasteiger partial charge < -0.3 is 0 Å². The van der Waals surface area contributed by atoms with Gasteiger partial charge >= 0.3 is 302 Å². The zero-order valence-electron chi connectivity index (χ0n) is 10.7. The van der Waals surface area contributed by atoms with Crippen LogP contribution in [-0.4, -0.2) is 84.2 Å². The van der Waals surface area contributed by atoms with Gasteiger partial charge in [0.1, 0.15) is 0 Å². The van der Waals surface area contributed by atoms with E-state index in [1.54, 1.807) is 0 Å². The number of halogens is 4. The van der Waals surface area contributed by atoms with E-state index < -0.39 is 84.2 Å². The van der Waals surface area contributed by atoms with Crippen LogP contribution in [-0.2, 0) is 191 Å². The molecule has 0 amide bonds. The summed E-state index contributed by atoms with van der Waals surface area (Å²) in [5.41, 5.74) is 0. The van der Waals surface area contributed by atoms with Crippen molar-refractivity contribution >= 4 is 84.2 Å². The molecule has 0 aliphatic heterocycles. The molecule has 0 fully saturated rings. The standard InChI is InChI=1S/8Ag.4FH.12O.4Sb/h;;;;;;;;4*1H;;;;;;;;;;;;;;;;/q8*+1;;;;;;;;;8*-1;;;;. The quantitative estimate of drug-likeness (QED) is 0.162. The van der Waals surface area contributed by atoms with Gasteiger partial charge in [-0.05, 0) is 0 Å². The molecular weight excluding hydrogens is 1620 g/mol. The summed E-state index contributed by atoms with van der Waals surface area (Å²) in [5, 5.41) is 0. The Labute approximate surface area is 313 Å². The van der Waals surface area contributed by atoms with Gasteiger partial charge in [-0.1, -0.05) is 0 Å². The van der Waals surface area contributed by atoms with Crippen molar-refractivity contribution in [2.45, 2.75) is 0 Å². The summed E-state index contributed by atoms with van der Waals surface area (Å²) < 4.78 is 103. The molecule has 0 N–H and O–H groups in total. The zero-order chi connectivity index (χ0) is 14.3. The second-order valence-corrected chi connectivity index (χ2v) is 6.00. The van der Waals surface area contributed by atoms with E-state index in [4.69, 9.17) is 39.2 Å². The maximum absolute atomic E-state index is 8.60. The van der Waals surface area contributed by atoms with Gasteiger partial charge in [-0.15, -0.1) is 0 Å². The fraction of sp³-hybridized carbons (Fsp3) is 0. The summed E-state index contributed by atoms with van der Waals surface area (Å²) in [6.45, 7) is 0. The Morgan fingerprint density at radius 3 is 0.286 bits per heavy atom. The van der Waals surface area contributed by atoms with Crippen LogP contribution in [0.4, 0.5) is 18.8 Å². The summed E-state index contributed by atoms with van der Waals surface area (Å²) in [6, 6.07) is 0. The van der Waals surface area contributed by atoms with Crippen LogP contribution in [0.5, 0.6) is 0 Å². The molecule has 0 atom stereocenters. The molecule has 0 saturated heterocycles. The van der Waals surface area contributed by atoms with Gasteiger partial charge in [-0.3, -0.25) is 18.8 Å². The fourth-order valence-corrected chi connectivity index (χ4v) is 0. The predicted molar refractivity (Wildman–Crippen MR) is 35.8 cm³/mol. The van der Waals surface area contributed by atoms with Crippen LogP contribution < -0.4 is 27.1 Å². The van der Waals surface area contributed by atoms with Crippen molar-refractivity contribution < 1.29 is 237 Å². The summed E-state index contributed by atoms with van der Waals surface area (Å²) in [4.78, 5) is 0. The third-order valence-corrected chi connectivity index (χ3v) is 0. The van der Waals surface area contributed by atoms with Crippen molar-refractivity contribution in [2.75, 3.05) is 0 Å². The summed E-state index contributed by atoms with van der Waals surface area (Å²) in [6.07, 6.45) is 0. The molecule has 0 aromatic heterocycles. The molecule has 0 aliphatic rings. The van der Waals surface area contributed by atoms with Crippen LogP contribution in [0.15, 0.2) is 0 Å². The molecule has 0 saturated carbocycles. The van der Waals surface area contributed by atoms with Crippen molar-refractivity contribution in [2.24, 2.45) is 0 Å². The Hall–Kier alpha value is 7.79. The summed E-state index contributed by atoms with van der Waals surface area (Å²) in [7, 11) is 0. The average molecular weight is 1620 g/mol. The first-order chi connectivity index (χ1) is 6.93. The zero-order valence-corrected chi connectivity index (χ0v) is 32.8. The Morgan fingerprint density at radius 1 is 0.286 bits per heavy atom. The maximum atomic E-state index is 8.60. The third-order valence-electron chi connectivity index (χ3n) is 0. The fourth-order valence-electron chi connectivity index (χ4n) is 0. The molecular formula is H4Ag8F4O12Sb4. The third kappa shape index (κ3) is 598. The minimum atomic E-state index is -4.20. The number of rotatable bonds is 0. The molecule has 0 bridgehead atoms. The molecule has 0 spiro atoms. The van der Waals surface area contributed by atoms with E-state index in [9.17, 15) is 0 Å². The average Bonchev–Trinajstić information content (AvgIpc) is 1.76. The van der Waals surface area contributed by atoms with Crippen molar-refractivity contribution in [1.82, 2.24) is 0 Å². The first-order valence-corrected chi connectivity index (χ1v) is 14.7. The van der Waals surface area contributed by atoms with Crippen LogP contribution in [0.2, 0.25) is 0 Å². The van der Waals surface area contributed by atoms with Crippen molar-refractivity contribution in [3.05, 3.63) is 0 Å². The first kappa shape index (κ1) is 111. The topological polar surface area (TPSA) is 253 Å². The van der Waals surface area contributed by atoms with Crippen LogP contribution in [0.25, 0.3) is 0 Å². The van der Waals surface area contributed by atoms with Gasteiger partial charge in [-0.25, -0.2) is 0 Å². The Bertz CT molecular complexity index is 192. The molecule has 4 radical (unpaired) electrons. The van der Waals surface area contributed by atoms with E-state index in [0.717, 1.165) is 0 Å². The van der Waals surface area contributed by atoms with Crippen LogP contribution in [0.1, 0.15) is 0 Å². The number of hydrogen-bond acceptors (Lipinski definition) is 12. The van der Waals surface area contributed by atoms with Gasteiger partial charge in [0, 0.05) is 0 Å². The number of hydrogen-bond donors (Lipinski definition) is 0. The van der Waals surface area contributed by atoms with Crippen LogP contribution in [0, 0.1) is 0 Å². The Balaban J connectivity index is -0.00000000429. The second kappa shape index (κ2) is 101. The van der Waals surface area contributed by atoms with E-state index in [1.165, 1.54) is 0 Å². The molecule has 28 heavy (non-hydrogen) atoms. The monoisotopic (exact) mass is 1610 g/mol. The first-order valence-electron chi connectivity index (χ1n) is 2.19. The van der Waals surface area contributed by atoms with E-state index in [1.807, 2.05) is 0 Å². The predicted octanol–water partition coefficient (Wildman–Crippen LogP) is -10.9. The SMILES string of the molecule is F.F.F.F.[Ag+].[Ag+].[Ag+].[Ag+].[Ag+].[Ag+].[Ag+].[Ag+].[O]=[Sb]([O-])[O-].[O]=[Sb]([O-])[O-].[O]=[Sb]([O-])[O-].[O]=[Sb]([O-])[O-]. The van der Waals surface area contributed by atoms with Crippen LogP contribution in [0.3, 0.4) is 0 Å². The molecule has 0 aliphatic carbocycles. The molecule has 0 aromatic rings. The molecule has 0 rings (SSSR count).